The van der Waals surface area contributed by atoms with Gasteiger partial charge in [0.1, 0.15) is 46.7 Å². The predicted molar refractivity (Wildman–Crippen MR) is 148 cm³/mol. The van der Waals surface area contributed by atoms with Crippen LogP contribution in [0.3, 0.4) is 0 Å². The molecule has 2 aliphatic heterocycles. The fraction of sp³-hybridized carbons (Fsp3) is 0.250. The van der Waals surface area contributed by atoms with Crippen LogP contribution in [0.2, 0.25) is 0 Å². The Balaban J connectivity index is 0.000000161. The van der Waals surface area contributed by atoms with Gasteiger partial charge in [0, 0.05) is 24.0 Å². The lowest BCUT2D eigenvalue weighted by Gasteiger charge is -2.30. The molecule has 0 bridgehead atoms. The largest absolute Gasteiger partial charge is 0.508 e. The van der Waals surface area contributed by atoms with Crippen LogP contribution >= 0.6 is 0 Å². The molecular weight excluding hydrogens is 512 g/mol. The van der Waals surface area contributed by atoms with E-state index in [1.165, 1.54) is 0 Å². The number of methoxy groups -OCH3 is 2. The summed E-state index contributed by atoms with van der Waals surface area (Å²) < 4.78 is 22.2. The number of rotatable bonds is 4. The van der Waals surface area contributed by atoms with Gasteiger partial charge >= 0.3 is 0 Å². The second-order valence-electron chi connectivity index (χ2n) is 9.71. The maximum absolute atomic E-state index is 10.2. The first kappa shape index (κ1) is 27.2. The maximum atomic E-state index is 10.2. The summed E-state index contributed by atoms with van der Waals surface area (Å²) in [5.41, 5.74) is 3.18. The Bertz CT molecular complexity index is 1360. The molecule has 4 atom stereocenters. The van der Waals surface area contributed by atoms with Crippen molar-refractivity contribution in [3.05, 3.63) is 107 Å². The zero-order chi connectivity index (χ0) is 28.2. The highest BCUT2D eigenvalue weighted by atomic mass is 16.5. The van der Waals surface area contributed by atoms with Crippen LogP contribution in [0.1, 0.15) is 59.5 Å². The van der Waals surface area contributed by atoms with Gasteiger partial charge in [-0.25, -0.2) is 0 Å². The number of phenolic OH excluding ortho intramolecular Hbond substituents is 2. The monoisotopic (exact) mass is 544 g/mol. The number of fused-ring (bicyclic) bond motifs is 2. The summed E-state index contributed by atoms with van der Waals surface area (Å²) >= 11 is 0. The summed E-state index contributed by atoms with van der Waals surface area (Å²) in [5.74, 6) is 3.00. The molecule has 2 heterocycles. The molecule has 4 N–H and O–H groups in total. The molecule has 0 aromatic heterocycles. The molecule has 8 heteroatoms. The molecular formula is C32H32O8. The molecule has 0 spiro atoms. The van der Waals surface area contributed by atoms with Gasteiger partial charge in [0.15, 0.2) is 0 Å². The van der Waals surface area contributed by atoms with E-state index in [0.717, 1.165) is 22.6 Å². The van der Waals surface area contributed by atoms with E-state index in [0.29, 0.717) is 35.5 Å². The SMILES string of the molecule is COc1cccc(C2CC(O)c3cc(O)ccc3O2)c1.COc1cccc(C2CC(O)c3cc(O)ccc3O2)c1. The fourth-order valence-electron chi connectivity index (χ4n) is 4.96. The van der Waals surface area contributed by atoms with Crippen molar-refractivity contribution in [1.29, 1.82) is 0 Å². The molecule has 2 aliphatic rings. The molecule has 4 unspecified atom stereocenters. The number of ether oxygens (including phenoxy) is 4. The second-order valence-corrected chi connectivity index (χ2v) is 9.71. The van der Waals surface area contributed by atoms with E-state index in [4.69, 9.17) is 18.9 Å². The molecule has 4 aromatic carbocycles. The van der Waals surface area contributed by atoms with Crippen LogP contribution in [-0.2, 0) is 0 Å². The van der Waals surface area contributed by atoms with Crippen LogP contribution in [0, 0.1) is 0 Å². The van der Waals surface area contributed by atoms with Gasteiger partial charge in [-0.3, -0.25) is 0 Å². The van der Waals surface area contributed by atoms with E-state index in [1.54, 1.807) is 50.6 Å². The highest BCUT2D eigenvalue weighted by Gasteiger charge is 2.29. The van der Waals surface area contributed by atoms with E-state index in [9.17, 15) is 20.4 Å². The number of aromatic hydroxyl groups is 2. The molecule has 0 saturated carbocycles. The van der Waals surface area contributed by atoms with Gasteiger partial charge in [0.2, 0.25) is 0 Å². The Morgan fingerprint density at radius 1 is 0.600 bits per heavy atom. The van der Waals surface area contributed by atoms with Crippen molar-refractivity contribution in [2.24, 2.45) is 0 Å². The Morgan fingerprint density at radius 2 is 1.02 bits per heavy atom. The van der Waals surface area contributed by atoms with Gasteiger partial charge < -0.3 is 39.4 Å². The molecule has 0 radical (unpaired) electrons. The third-order valence-corrected chi connectivity index (χ3v) is 7.05. The predicted octanol–water partition coefficient (Wildman–Crippen LogP) is 5.92. The van der Waals surface area contributed by atoms with E-state index < -0.39 is 12.2 Å². The Hall–Kier alpha value is -4.40. The number of aliphatic hydroxyl groups excluding tert-OH is 2. The lowest BCUT2D eigenvalue weighted by Crippen LogP contribution is -2.19. The van der Waals surface area contributed by atoms with Gasteiger partial charge in [-0.05, 0) is 71.8 Å². The van der Waals surface area contributed by atoms with Gasteiger partial charge in [-0.2, -0.15) is 0 Å². The summed E-state index contributed by atoms with van der Waals surface area (Å²) in [6.07, 6.45) is -0.855. The normalized spacial score (nSPS) is 20.9. The van der Waals surface area contributed by atoms with E-state index in [2.05, 4.69) is 0 Å². The Labute approximate surface area is 232 Å². The minimum absolute atomic E-state index is 0.131. The summed E-state index contributed by atoms with van der Waals surface area (Å²) in [5, 5.41) is 39.4. The lowest BCUT2D eigenvalue weighted by molar-refractivity contribution is 0.0650. The molecule has 40 heavy (non-hydrogen) atoms. The molecule has 8 nitrogen and oxygen atoms in total. The van der Waals surface area contributed by atoms with Crippen LogP contribution in [-0.4, -0.2) is 34.6 Å². The summed E-state index contributed by atoms with van der Waals surface area (Å²) in [4.78, 5) is 0. The zero-order valence-electron chi connectivity index (χ0n) is 22.2. The lowest BCUT2D eigenvalue weighted by atomic mass is 9.95. The second kappa shape index (κ2) is 11.8. The molecule has 0 saturated heterocycles. The number of hydrogen-bond acceptors (Lipinski definition) is 8. The molecule has 6 rings (SSSR count). The van der Waals surface area contributed by atoms with Crippen molar-refractivity contribution < 1.29 is 39.4 Å². The van der Waals surface area contributed by atoms with E-state index in [-0.39, 0.29) is 23.7 Å². The van der Waals surface area contributed by atoms with Crippen LogP contribution < -0.4 is 18.9 Å². The van der Waals surface area contributed by atoms with Crippen molar-refractivity contribution in [3.8, 4) is 34.5 Å². The number of benzene rings is 4. The average Bonchev–Trinajstić information content (AvgIpc) is 2.98. The zero-order valence-corrected chi connectivity index (χ0v) is 22.2. The van der Waals surface area contributed by atoms with E-state index >= 15 is 0 Å². The highest BCUT2D eigenvalue weighted by molar-refractivity contribution is 5.45. The Kier molecular flexibility index (Phi) is 8.00. The summed E-state index contributed by atoms with van der Waals surface area (Å²) in [7, 11) is 3.24. The fourth-order valence-corrected chi connectivity index (χ4v) is 4.96. The topological polar surface area (TPSA) is 118 Å². The first-order chi connectivity index (χ1) is 19.3. The Morgan fingerprint density at radius 3 is 1.43 bits per heavy atom. The van der Waals surface area contributed by atoms with Crippen molar-refractivity contribution in [1.82, 2.24) is 0 Å². The smallest absolute Gasteiger partial charge is 0.127 e. The molecule has 0 fully saturated rings. The number of hydrogen-bond donors (Lipinski definition) is 4. The molecule has 4 aromatic rings. The van der Waals surface area contributed by atoms with Crippen molar-refractivity contribution in [3.63, 3.8) is 0 Å². The third-order valence-electron chi connectivity index (χ3n) is 7.05. The highest BCUT2D eigenvalue weighted by Crippen LogP contribution is 2.43. The van der Waals surface area contributed by atoms with Gasteiger partial charge in [0.05, 0.1) is 26.4 Å². The number of phenols is 2. The standard InChI is InChI=1S/2C16H16O4/c2*1-19-12-4-2-3-10(7-12)16-9-14(18)13-8-11(17)5-6-15(13)20-16/h2*2-8,14,16-18H,9H2,1H3. The molecule has 0 aliphatic carbocycles. The van der Waals surface area contributed by atoms with Gasteiger partial charge in [-0.15, -0.1) is 0 Å². The van der Waals surface area contributed by atoms with Crippen LogP contribution in [0.5, 0.6) is 34.5 Å². The van der Waals surface area contributed by atoms with Crippen LogP contribution in [0.25, 0.3) is 0 Å². The van der Waals surface area contributed by atoms with Gasteiger partial charge in [0.25, 0.3) is 0 Å². The van der Waals surface area contributed by atoms with Crippen molar-refractivity contribution in [2.45, 2.75) is 37.3 Å². The van der Waals surface area contributed by atoms with Crippen molar-refractivity contribution in [2.75, 3.05) is 14.2 Å². The first-order valence-corrected chi connectivity index (χ1v) is 13.0. The van der Waals surface area contributed by atoms with Crippen molar-refractivity contribution >= 4 is 0 Å². The quantitative estimate of drug-likeness (QED) is 0.250. The minimum Gasteiger partial charge on any atom is -0.508 e. The minimum atomic E-state index is -0.651. The van der Waals surface area contributed by atoms with Crippen LogP contribution in [0.15, 0.2) is 84.9 Å². The van der Waals surface area contributed by atoms with Crippen LogP contribution in [0.4, 0.5) is 0 Å². The molecule has 0 amide bonds. The van der Waals surface area contributed by atoms with Gasteiger partial charge in [-0.1, -0.05) is 24.3 Å². The number of aliphatic hydroxyl groups is 2. The van der Waals surface area contributed by atoms with E-state index in [1.807, 2.05) is 48.5 Å². The maximum Gasteiger partial charge on any atom is 0.127 e. The average molecular weight is 545 g/mol. The molecule has 208 valence electrons. The first-order valence-electron chi connectivity index (χ1n) is 13.0. The third kappa shape index (κ3) is 5.93. The summed E-state index contributed by atoms with van der Waals surface area (Å²) in [6.45, 7) is 0. The summed E-state index contributed by atoms with van der Waals surface area (Å²) in [6, 6.07) is 24.8.